The molecule has 98 valence electrons. The highest BCUT2D eigenvalue weighted by Crippen LogP contribution is 2.27. The standard InChI is InChI=1S/C15H16N2OS/c18-11-10-16-15(19)17-14-9-5-4-8-13(14)12-6-2-1-3-7-12/h1-9,18H,10-11H2,(H2,16,17,19). The largest absolute Gasteiger partial charge is 0.395 e. The molecule has 0 aliphatic heterocycles. The highest BCUT2D eigenvalue weighted by atomic mass is 32.1. The fourth-order valence-corrected chi connectivity index (χ4v) is 2.01. The van der Waals surface area contributed by atoms with Crippen molar-refractivity contribution in [2.24, 2.45) is 0 Å². The van der Waals surface area contributed by atoms with E-state index in [2.05, 4.69) is 22.8 Å². The molecule has 0 fully saturated rings. The van der Waals surface area contributed by atoms with Gasteiger partial charge >= 0.3 is 0 Å². The smallest absolute Gasteiger partial charge is 0.170 e. The predicted octanol–water partition coefficient (Wildman–Crippen LogP) is 2.63. The fraction of sp³-hybridized carbons (Fsp3) is 0.133. The average Bonchev–Trinajstić information content (AvgIpc) is 2.46. The van der Waals surface area contributed by atoms with Gasteiger partial charge in [0, 0.05) is 17.8 Å². The zero-order valence-electron chi connectivity index (χ0n) is 10.5. The van der Waals surface area contributed by atoms with Crippen LogP contribution < -0.4 is 10.6 Å². The molecule has 0 spiro atoms. The molecule has 0 aliphatic carbocycles. The third kappa shape index (κ3) is 3.77. The lowest BCUT2D eigenvalue weighted by Gasteiger charge is -2.13. The molecule has 0 aliphatic rings. The van der Waals surface area contributed by atoms with Crippen molar-refractivity contribution in [3.05, 3.63) is 54.6 Å². The van der Waals surface area contributed by atoms with Crippen molar-refractivity contribution in [3.63, 3.8) is 0 Å². The second-order valence-corrected chi connectivity index (χ2v) is 4.42. The van der Waals surface area contributed by atoms with Crippen LogP contribution in [0.1, 0.15) is 0 Å². The number of anilines is 1. The van der Waals surface area contributed by atoms with E-state index in [1.807, 2.05) is 42.5 Å². The molecule has 3 N–H and O–H groups in total. The fourth-order valence-electron chi connectivity index (χ4n) is 1.80. The quantitative estimate of drug-likeness (QED) is 0.749. The van der Waals surface area contributed by atoms with E-state index in [0.29, 0.717) is 11.7 Å². The van der Waals surface area contributed by atoms with Gasteiger partial charge in [0.2, 0.25) is 0 Å². The first-order valence-corrected chi connectivity index (χ1v) is 6.52. The van der Waals surface area contributed by atoms with E-state index in [1.54, 1.807) is 0 Å². The summed E-state index contributed by atoms with van der Waals surface area (Å²) in [5, 5.41) is 15.4. The summed E-state index contributed by atoms with van der Waals surface area (Å²) in [6, 6.07) is 18.1. The summed E-state index contributed by atoms with van der Waals surface area (Å²) >= 11 is 5.18. The Morgan fingerprint density at radius 1 is 1.00 bits per heavy atom. The first-order valence-electron chi connectivity index (χ1n) is 6.11. The summed E-state index contributed by atoms with van der Waals surface area (Å²) in [6.45, 7) is 0.501. The van der Waals surface area contributed by atoms with Gasteiger partial charge < -0.3 is 15.7 Å². The lowest BCUT2D eigenvalue weighted by atomic mass is 10.0. The Kier molecular flexibility index (Phi) is 4.89. The van der Waals surface area contributed by atoms with Crippen LogP contribution >= 0.6 is 12.2 Å². The van der Waals surface area contributed by atoms with E-state index in [4.69, 9.17) is 17.3 Å². The minimum absolute atomic E-state index is 0.0577. The number of benzene rings is 2. The van der Waals surface area contributed by atoms with Crippen LogP contribution in [0, 0.1) is 0 Å². The van der Waals surface area contributed by atoms with E-state index in [1.165, 1.54) is 0 Å². The molecule has 3 nitrogen and oxygen atoms in total. The van der Waals surface area contributed by atoms with Crippen LogP contribution in [0.3, 0.4) is 0 Å². The Morgan fingerprint density at radius 3 is 2.42 bits per heavy atom. The number of para-hydroxylation sites is 1. The van der Waals surface area contributed by atoms with Crippen LogP contribution in [0.2, 0.25) is 0 Å². The number of hydrogen-bond donors (Lipinski definition) is 3. The number of hydrogen-bond acceptors (Lipinski definition) is 2. The van der Waals surface area contributed by atoms with Crippen LogP contribution in [0.4, 0.5) is 5.69 Å². The zero-order valence-corrected chi connectivity index (χ0v) is 11.3. The van der Waals surface area contributed by atoms with Crippen LogP contribution in [0.25, 0.3) is 11.1 Å². The molecule has 0 amide bonds. The molecule has 0 aromatic heterocycles. The van der Waals surface area contributed by atoms with Crippen LogP contribution in [0.5, 0.6) is 0 Å². The minimum Gasteiger partial charge on any atom is -0.395 e. The van der Waals surface area contributed by atoms with Gasteiger partial charge in [-0.25, -0.2) is 0 Å². The molecular weight excluding hydrogens is 256 g/mol. The molecule has 2 aromatic carbocycles. The number of nitrogens with one attached hydrogen (secondary N) is 2. The van der Waals surface area contributed by atoms with Gasteiger partial charge in [-0.15, -0.1) is 0 Å². The van der Waals surface area contributed by atoms with Crippen molar-refractivity contribution in [3.8, 4) is 11.1 Å². The maximum Gasteiger partial charge on any atom is 0.170 e. The summed E-state index contributed by atoms with van der Waals surface area (Å²) in [6.07, 6.45) is 0. The summed E-state index contributed by atoms with van der Waals surface area (Å²) in [4.78, 5) is 0. The maximum absolute atomic E-state index is 8.76. The SMILES string of the molecule is OCCNC(=S)Nc1ccccc1-c1ccccc1. The predicted molar refractivity (Wildman–Crippen MR) is 83.2 cm³/mol. The third-order valence-electron chi connectivity index (χ3n) is 2.66. The first-order chi connectivity index (χ1) is 9.31. The number of rotatable bonds is 4. The molecule has 0 unspecified atom stereocenters. The van der Waals surface area contributed by atoms with Crippen molar-refractivity contribution >= 4 is 23.0 Å². The van der Waals surface area contributed by atoms with E-state index < -0.39 is 0 Å². The monoisotopic (exact) mass is 272 g/mol. The number of aliphatic hydroxyl groups excluding tert-OH is 1. The van der Waals surface area contributed by atoms with Crippen molar-refractivity contribution in [2.45, 2.75) is 0 Å². The average molecular weight is 272 g/mol. The summed E-state index contributed by atoms with van der Waals surface area (Å²) in [5.74, 6) is 0. The van der Waals surface area contributed by atoms with E-state index in [-0.39, 0.29) is 6.61 Å². The second kappa shape index (κ2) is 6.87. The zero-order chi connectivity index (χ0) is 13.5. The van der Waals surface area contributed by atoms with Crippen LogP contribution in [-0.4, -0.2) is 23.4 Å². The van der Waals surface area contributed by atoms with E-state index >= 15 is 0 Å². The van der Waals surface area contributed by atoms with Gasteiger partial charge in [0.05, 0.1) is 6.61 Å². The Bertz CT molecular complexity index is 543. The maximum atomic E-state index is 8.76. The van der Waals surface area contributed by atoms with Crippen LogP contribution in [-0.2, 0) is 0 Å². The van der Waals surface area contributed by atoms with Gasteiger partial charge in [0.1, 0.15) is 0 Å². The van der Waals surface area contributed by atoms with Gasteiger partial charge in [-0.2, -0.15) is 0 Å². The summed E-state index contributed by atoms with van der Waals surface area (Å²) < 4.78 is 0. The topological polar surface area (TPSA) is 44.3 Å². The normalized spacial score (nSPS) is 9.95. The Balaban J connectivity index is 2.20. The molecule has 4 heteroatoms. The molecule has 0 bridgehead atoms. The van der Waals surface area contributed by atoms with Gasteiger partial charge in [-0.3, -0.25) is 0 Å². The number of thiocarbonyl (C=S) groups is 1. The molecule has 0 atom stereocenters. The molecule has 0 saturated carbocycles. The second-order valence-electron chi connectivity index (χ2n) is 4.02. The van der Waals surface area contributed by atoms with E-state index in [9.17, 15) is 0 Å². The Labute approximate surface area is 118 Å². The Morgan fingerprint density at radius 2 is 1.68 bits per heavy atom. The van der Waals surface area contributed by atoms with E-state index in [0.717, 1.165) is 16.8 Å². The van der Waals surface area contributed by atoms with Crippen molar-refractivity contribution in [1.82, 2.24) is 5.32 Å². The molecule has 0 radical (unpaired) electrons. The van der Waals surface area contributed by atoms with Crippen molar-refractivity contribution in [2.75, 3.05) is 18.5 Å². The molecule has 19 heavy (non-hydrogen) atoms. The number of aliphatic hydroxyl groups is 1. The highest BCUT2D eigenvalue weighted by Gasteiger charge is 2.05. The first kappa shape index (κ1) is 13.5. The molecule has 2 rings (SSSR count). The van der Waals surface area contributed by atoms with Gasteiger partial charge in [0.15, 0.2) is 5.11 Å². The molecule has 0 heterocycles. The van der Waals surface area contributed by atoms with Crippen molar-refractivity contribution < 1.29 is 5.11 Å². The summed E-state index contributed by atoms with van der Waals surface area (Å²) in [7, 11) is 0. The highest BCUT2D eigenvalue weighted by molar-refractivity contribution is 7.80. The molecule has 2 aromatic rings. The van der Waals surface area contributed by atoms with Crippen LogP contribution in [0.15, 0.2) is 54.6 Å². The summed E-state index contributed by atoms with van der Waals surface area (Å²) in [5.41, 5.74) is 3.18. The minimum atomic E-state index is 0.0577. The van der Waals surface area contributed by atoms with Crippen molar-refractivity contribution in [1.29, 1.82) is 0 Å². The Hall–Kier alpha value is -1.91. The van der Waals surface area contributed by atoms with Gasteiger partial charge in [0.25, 0.3) is 0 Å². The molecular formula is C15H16N2OS. The van der Waals surface area contributed by atoms with Gasteiger partial charge in [-0.1, -0.05) is 48.5 Å². The van der Waals surface area contributed by atoms with Gasteiger partial charge in [-0.05, 0) is 23.8 Å². The molecule has 0 saturated heterocycles. The lowest BCUT2D eigenvalue weighted by Crippen LogP contribution is -2.30. The lowest BCUT2D eigenvalue weighted by molar-refractivity contribution is 0.301. The third-order valence-corrected chi connectivity index (χ3v) is 2.90.